The Morgan fingerprint density at radius 2 is 1.91 bits per heavy atom. The Morgan fingerprint density at radius 1 is 1.17 bits per heavy atom. The van der Waals surface area contributed by atoms with E-state index in [1.54, 1.807) is 0 Å². The van der Waals surface area contributed by atoms with Crippen LogP contribution in [0.25, 0.3) is 0 Å². The highest BCUT2D eigenvalue weighted by Gasteiger charge is 2.04. The molecule has 1 amide bonds. The highest BCUT2D eigenvalue weighted by molar-refractivity contribution is 9.10. The van der Waals surface area contributed by atoms with E-state index in [4.69, 9.17) is 4.74 Å². The molecule has 4 heteroatoms. The molecular weight excluding hydrogens is 354 g/mol. The monoisotopic (exact) mass is 375 g/mol. The van der Waals surface area contributed by atoms with Crippen molar-refractivity contribution in [3.8, 4) is 5.75 Å². The summed E-state index contributed by atoms with van der Waals surface area (Å²) in [4.78, 5) is 11.9. The molecule has 2 aromatic carbocycles. The smallest absolute Gasteiger partial charge is 0.224 e. The van der Waals surface area contributed by atoms with Gasteiger partial charge in [-0.3, -0.25) is 4.79 Å². The van der Waals surface area contributed by atoms with Crippen LogP contribution in [0.5, 0.6) is 5.75 Å². The summed E-state index contributed by atoms with van der Waals surface area (Å²) in [5, 5.41) is 2.87. The first-order valence-electron chi connectivity index (χ1n) is 7.78. The minimum Gasteiger partial charge on any atom is -0.492 e. The van der Waals surface area contributed by atoms with Crippen molar-refractivity contribution in [2.45, 2.75) is 26.2 Å². The Kier molecular flexibility index (Phi) is 6.66. The Morgan fingerprint density at radius 3 is 2.57 bits per heavy atom. The SMILES string of the molecule is CC(C)c1ccc(OCCNC(=O)Cc2cccc(Br)c2)cc1. The van der Waals surface area contributed by atoms with Gasteiger partial charge in [-0.05, 0) is 41.3 Å². The Bertz CT molecular complexity index is 638. The van der Waals surface area contributed by atoms with Crippen molar-refractivity contribution in [2.75, 3.05) is 13.2 Å². The second-order valence-corrected chi connectivity index (χ2v) is 6.64. The van der Waals surface area contributed by atoms with Crippen LogP contribution in [0, 0.1) is 0 Å². The molecule has 0 atom stereocenters. The van der Waals surface area contributed by atoms with Gasteiger partial charge in [0.25, 0.3) is 0 Å². The number of hydrogen-bond acceptors (Lipinski definition) is 2. The molecule has 2 aromatic rings. The van der Waals surface area contributed by atoms with Gasteiger partial charge in [-0.2, -0.15) is 0 Å². The van der Waals surface area contributed by atoms with Gasteiger partial charge in [-0.25, -0.2) is 0 Å². The zero-order valence-electron chi connectivity index (χ0n) is 13.5. The summed E-state index contributed by atoms with van der Waals surface area (Å²) in [6, 6.07) is 15.9. The van der Waals surface area contributed by atoms with Crippen molar-refractivity contribution in [3.05, 3.63) is 64.1 Å². The summed E-state index contributed by atoms with van der Waals surface area (Å²) in [5.41, 5.74) is 2.28. The number of benzene rings is 2. The lowest BCUT2D eigenvalue weighted by molar-refractivity contribution is -0.120. The van der Waals surface area contributed by atoms with Gasteiger partial charge in [-0.1, -0.05) is 54.0 Å². The molecule has 0 heterocycles. The number of rotatable bonds is 7. The van der Waals surface area contributed by atoms with E-state index in [0.717, 1.165) is 15.8 Å². The molecule has 1 N–H and O–H groups in total. The Hall–Kier alpha value is -1.81. The standard InChI is InChI=1S/C19H22BrNO2/c1-14(2)16-6-8-18(9-7-16)23-11-10-21-19(22)13-15-4-3-5-17(20)12-15/h3-9,12,14H,10-11,13H2,1-2H3,(H,21,22). The van der Waals surface area contributed by atoms with Gasteiger partial charge >= 0.3 is 0 Å². The molecule has 0 spiro atoms. The molecule has 0 aliphatic heterocycles. The van der Waals surface area contributed by atoms with Crippen molar-refractivity contribution in [2.24, 2.45) is 0 Å². The topological polar surface area (TPSA) is 38.3 Å². The third-order valence-corrected chi connectivity index (χ3v) is 3.99. The van der Waals surface area contributed by atoms with Crippen molar-refractivity contribution >= 4 is 21.8 Å². The van der Waals surface area contributed by atoms with E-state index in [-0.39, 0.29) is 5.91 Å². The van der Waals surface area contributed by atoms with Crippen molar-refractivity contribution in [1.29, 1.82) is 0 Å². The first-order valence-corrected chi connectivity index (χ1v) is 8.58. The van der Waals surface area contributed by atoms with Crippen LogP contribution < -0.4 is 10.1 Å². The van der Waals surface area contributed by atoms with Crippen molar-refractivity contribution in [3.63, 3.8) is 0 Å². The molecule has 0 radical (unpaired) electrons. The van der Waals surface area contributed by atoms with Crippen LogP contribution in [-0.4, -0.2) is 19.1 Å². The third kappa shape index (κ3) is 6.06. The summed E-state index contributed by atoms with van der Waals surface area (Å²) in [7, 11) is 0. The minimum atomic E-state index is 0.00172. The average molecular weight is 376 g/mol. The fraction of sp³-hybridized carbons (Fsp3) is 0.316. The molecule has 0 bridgehead atoms. The second kappa shape index (κ2) is 8.73. The first-order chi connectivity index (χ1) is 11.0. The average Bonchev–Trinajstić information content (AvgIpc) is 2.52. The molecule has 0 fully saturated rings. The normalized spacial score (nSPS) is 10.6. The van der Waals surface area contributed by atoms with Gasteiger partial charge in [0.1, 0.15) is 12.4 Å². The minimum absolute atomic E-state index is 0.00172. The molecular formula is C19H22BrNO2. The van der Waals surface area contributed by atoms with Crippen LogP contribution in [0.1, 0.15) is 30.9 Å². The fourth-order valence-corrected chi connectivity index (χ4v) is 2.65. The van der Waals surface area contributed by atoms with E-state index in [1.165, 1.54) is 5.56 Å². The molecule has 0 aliphatic rings. The summed E-state index contributed by atoms with van der Waals surface area (Å²) in [6.45, 7) is 5.29. The van der Waals surface area contributed by atoms with E-state index in [1.807, 2.05) is 36.4 Å². The predicted octanol–water partition coefficient (Wildman–Crippen LogP) is 4.31. The van der Waals surface area contributed by atoms with E-state index in [2.05, 4.69) is 47.2 Å². The molecule has 0 saturated carbocycles. The van der Waals surface area contributed by atoms with Gasteiger partial charge in [0.05, 0.1) is 13.0 Å². The number of carbonyl (C=O) groups is 1. The van der Waals surface area contributed by atoms with Crippen LogP contribution in [0.2, 0.25) is 0 Å². The maximum Gasteiger partial charge on any atom is 0.224 e. The molecule has 0 aliphatic carbocycles. The molecule has 0 unspecified atom stereocenters. The van der Waals surface area contributed by atoms with E-state index in [0.29, 0.717) is 25.5 Å². The lowest BCUT2D eigenvalue weighted by atomic mass is 10.0. The molecule has 0 aromatic heterocycles. The number of ether oxygens (including phenoxy) is 1. The highest BCUT2D eigenvalue weighted by atomic mass is 79.9. The third-order valence-electron chi connectivity index (χ3n) is 3.49. The summed E-state index contributed by atoms with van der Waals surface area (Å²) < 4.78 is 6.62. The maximum atomic E-state index is 11.9. The molecule has 122 valence electrons. The van der Waals surface area contributed by atoms with E-state index in [9.17, 15) is 4.79 Å². The summed E-state index contributed by atoms with van der Waals surface area (Å²) in [5.74, 6) is 1.35. The fourth-order valence-electron chi connectivity index (χ4n) is 2.20. The molecule has 2 rings (SSSR count). The number of halogens is 1. The predicted molar refractivity (Wildman–Crippen MR) is 96.9 cm³/mol. The largest absolute Gasteiger partial charge is 0.492 e. The van der Waals surface area contributed by atoms with Crippen LogP contribution in [-0.2, 0) is 11.2 Å². The van der Waals surface area contributed by atoms with Gasteiger partial charge in [0.15, 0.2) is 0 Å². The van der Waals surface area contributed by atoms with Gasteiger partial charge in [0.2, 0.25) is 5.91 Å². The lowest BCUT2D eigenvalue weighted by Crippen LogP contribution is -2.29. The van der Waals surface area contributed by atoms with Crippen LogP contribution in [0.4, 0.5) is 0 Å². The lowest BCUT2D eigenvalue weighted by Gasteiger charge is -2.10. The molecule has 23 heavy (non-hydrogen) atoms. The molecule has 0 saturated heterocycles. The first kappa shape index (κ1) is 17.5. The number of hydrogen-bond donors (Lipinski definition) is 1. The molecule has 3 nitrogen and oxygen atoms in total. The maximum absolute atomic E-state index is 11.9. The number of carbonyl (C=O) groups excluding carboxylic acids is 1. The highest BCUT2D eigenvalue weighted by Crippen LogP contribution is 2.18. The van der Waals surface area contributed by atoms with Crippen LogP contribution in [0.15, 0.2) is 53.0 Å². The van der Waals surface area contributed by atoms with Crippen LogP contribution >= 0.6 is 15.9 Å². The zero-order chi connectivity index (χ0) is 16.7. The number of nitrogens with one attached hydrogen (secondary N) is 1. The quantitative estimate of drug-likeness (QED) is 0.732. The van der Waals surface area contributed by atoms with Crippen molar-refractivity contribution < 1.29 is 9.53 Å². The Balaban J connectivity index is 1.69. The van der Waals surface area contributed by atoms with Gasteiger partial charge in [0, 0.05) is 4.47 Å². The van der Waals surface area contributed by atoms with Gasteiger partial charge in [-0.15, -0.1) is 0 Å². The Labute approximate surface area is 146 Å². The summed E-state index contributed by atoms with van der Waals surface area (Å²) >= 11 is 3.40. The summed E-state index contributed by atoms with van der Waals surface area (Å²) in [6.07, 6.45) is 0.378. The van der Waals surface area contributed by atoms with Gasteiger partial charge < -0.3 is 10.1 Å². The van der Waals surface area contributed by atoms with Crippen molar-refractivity contribution in [1.82, 2.24) is 5.32 Å². The van der Waals surface area contributed by atoms with E-state index >= 15 is 0 Å². The second-order valence-electron chi connectivity index (χ2n) is 5.73. The number of amides is 1. The zero-order valence-corrected chi connectivity index (χ0v) is 15.1. The van der Waals surface area contributed by atoms with Crippen LogP contribution in [0.3, 0.4) is 0 Å². The van der Waals surface area contributed by atoms with E-state index < -0.39 is 0 Å².